The molecule has 3 aromatic carbocycles. The summed E-state index contributed by atoms with van der Waals surface area (Å²) >= 11 is 0. The van der Waals surface area contributed by atoms with Crippen LogP contribution in [0.25, 0.3) is 0 Å². The smallest absolute Gasteiger partial charge is 0.409 e. The van der Waals surface area contributed by atoms with Crippen LogP contribution in [-0.2, 0) is 20.9 Å². The lowest BCUT2D eigenvalue weighted by molar-refractivity contribution is -0.385. The molecule has 16 nitrogen and oxygen atoms in total. The van der Waals surface area contributed by atoms with Crippen molar-refractivity contribution in [1.82, 2.24) is 4.90 Å². The third-order valence-corrected chi connectivity index (χ3v) is 11.8. The Balaban J connectivity index is 1.53. The number of unbranched alkanes of at least 4 members (excludes halogenated alkanes) is 2. The molecule has 0 bridgehead atoms. The quantitative estimate of drug-likeness (QED) is 0.0421. The van der Waals surface area contributed by atoms with Crippen LogP contribution in [0.4, 0.5) is 16.2 Å². The second-order valence-corrected chi connectivity index (χ2v) is 15.6. The zero-order valence-corrected chi connectivity index (χ0v) is 34.8. The molecule has 0 radical (unpaired) electrons. The fraction of sp³-hybridized carbons (Fsp3) is 0.435. The first-order valence-electron chi connectivity index (χ1n) is 20.9. The number of nitro groups is 2. The molecule has 2 aliphatic carbocycles. The average molecular weight is 855 g/mol. The fourth-order valence-corrected chi connectivity index (χ4v) is 8.95. The normalized spacial score (nSPS) is 22.9. The van der Waals surface area contributed by atoms with Crippen molar-refractivity contribution in [2.45, 2.75) is 75.7 Å². The lowest BCUT2D eigenvalue weighted by atomic mass is 9.55. The standard InChI is InChI=1S/C46H54N4O12/c1-4-6-25-58-45(53)48(3)42-29-40(47-60-30-31-16-18-33(19-17-31)49(54)55)38-26-32(12-7-9-22-51)37(15-8-10-23-52)43-39-28-36(61-35-14-11-13-34(27-35)50(56)57)20-21-41(39)62-46(42,44(38)43)59-24-5-2/h4-5,11,13-14,16-21,26-28,32,37,42-44,51-52H,1-2,6-10,12,15,22-25,29-30H2,3H3/t32-,37+,42-,43+,44+,46+/m0/s1. The van der Waals surface area contributed by atoms with Gasteiger partial charge in [-0.1, -0.05) is 42.3 Å². The van der Waals surface area contributed by atoms with E-state index in [1.165, 1.54) is 29.2 Å². The van der Waals surface area contributed by atoms with E-state index in [-0.39, 0.29) is 74.3 Å². The molecule has 62 heavy (non-hydrogen) atoms. The minimum absolute atomic E-state index is 0.00642. The Morgan fingerprint density at radius 2 is 1.68 bits per heavy atom. The highest BCUT2D eigenvalue weighted by Gasteiger charge is 2.65. The molecule has 16 heteroatoms. The summed E-state index contributed by atoms with van der Waals surface area (Å²) in [6, 6.07) is 16.5. The number of ether oxygens (including phenoxy) is 4. The van der Waals surface area contributed by atoms with Gasteiger partial charge in [-0.05, 0) is 91.5 Å². The lowest BCUT2D eigenvalue weighted by Gasteiger charge is -2.59. The molecule has 0 aromatic heterocycles. The number of benzene rings is 3. The summed E-state index contributed by atoms with van der Waals surface area (Å²) in [6.45, 7) is 7.92. The number of allylic oxidation sites excluding steroid dienone is 1. The maximum Gasteiger partial charge on any atom is 0.409 e. The van der Waals surface area contributed by atoms with Gasteiger partial charge in [0.2, 0.25) is 5.79 Å². The lowest BCUT2D eigenvalue weighted by Crippen LogP contribution is -2.69. The summed E-state index contributed by atoms with van der Waals surface area (Å²) in [5, 5.41) is 47.4. The van der Waals surface area contributed by atoms with E-state index in [1.807, 2.05) is 6.07 Å². The summed E-state index contributed by atoms with van der Waals surface area (Å²) in [5.74, 6) is -1.40. The van der Waals surface area contributed by atoms with Gasteiger partial charge in [-0.15, -0.1) is 13.2 Å². The zero-order valence-electron chi connectivity index (χ0n) is 34.8. The number of hydrogen-bond donors (Lipinski definition) is 2. The summed E-state index contributed by atoms with van der Waals surface area (Å²) in [4.78, 5) is 43.4. The van der Waals surface area contributed by atoms with Gasteiger partial charge < -0.3 is 38.9 Å². The van der Waals surface area contributed by atoms with Crippen molar-refractivity contribution in [2.24, 2.45) is 22.9 Å². The first kappa shape index (κ1) is 45.4. The third kappa shape index (κ3) is 10.2. The van der Waals surface area contributed by atoms with E-state index in [4.69, 9.17) is 28.9 Å². The van der Waals surface area contributed by atoms with Gasteiger partial charge >= 0.3 is 6.09 Å². The van der Waals surface area contributed by atoms with Crippen LogP contribution in [0.5, 0.6) is 17.2 Å². The zero-order chi connectivity index (χ0) is 44.2. The van der Waals surface area contributed by atoms with Crippen LogP contribution in [0.2, 0.25) is 0 Å². The van der Waals surface area contributed by atoms with Crippen LogP contribution in [0.15, 0.2) is 109 Å². The minimum Gasteiger partial charge on any atom is -0.459 e. The van der Waals surface area contributed by atoms with Crippen LogP contribution in [0, 0.1) is 38.0 Å². The fourth-order valence-electron chi connectivity index (χ4n) is 8.95. The molecular formula is C46H54N4O12. The van der Waals surface area contributed by atoms with Crippen LogP contribution in [0.1, 0.15) is 68.4 Å². The Labute approximate surface area is 360 Å². The van der Waals surface area contributed by atoms with Gasteiger partial charge in [-0.25, -0.2) is 4.79 Å². The molecule has 3 aromatic rings. The number of non-ortho nitro benzene ring substituents is 2. The topological polar surface area (TPSA) is 206 Å². The highest BCUT2D eigenvalue weighted by molar-refractivity contribution is 6.03. The van der Waals surface area contributed by atoms with E-state index >= 15 is 0 Å². The van der Waals surface area contributed by atoms with Crippen LogP contribution < -0.4 is 9.47 Å². The Morgan fingerprint density at radius 1 is 0.952 bits per heavy atom. The Bertz CT molecular complexity index is 2140. The van der Waals surface area contributed by atoms with Gasteiger partial charge in [0.05, 0.1) is 40.8 Å². The summed E-state index contributed by atoms with van der Waals surface area (Å²) in [7, 11) is 1.63. The number of aliphatic hydroxyl groups excluding tert-OH is 2. The highest BCUT2D eigenvalue weighted by atomic mass is 16.7. The molecule has 0 unspecified atom stereocenters. The molecule has 6 atom stereocenters. The molecule has 1 heterocycles. The second-order valence-electron chi connectivity index (χ2n) is 15.6. The van der Waals surface area contributed by atoms with E-state index in [1.54, 1.807) is 55.6 Å². The summed E-state index contributed by atoms with van der Waals surface area (Å²) in [6.07, 6.45) is 9.51. The number of carbonyl (C=O) groups excluding carboxylic acids is 1. The van der Waals surface area contributed by atoms with Gasteiger partial charge in [0.1, 0.15) is 29.9 Å². The highest BCUT2D eigenvalue weighted by Crippen LogP contribution is 2.62. The molecule has 0 spiro atoms. The van der Waals surface area contributed by atoms with Crippen molar-refractivity contribution >= 4 is 23.2 Å². The van der Waals surface area contributed by atoms with Crippen molar-refractivity contribution in [3.05, 3.63) is 135 Å². The first-order valence-corrected chi connectivity index (χ1v) is 20.9. The molecular weight excluding hydrogens is 801 g/mol. The molecule has 0 saturated heterocycles. The number of nitro benzene ring substituents is 2. The van der Waals surface area contributed by atoms with E-state index in [2.05, 4.69) is 19.2 Å². The molecule has 3 aliphatic rings. The van der Waals surface area contributed by atoms with E-state index in [0.717, 1.165) is 24.0 Å². The number of oxime groups is 1. The van der Waals surface area contributed by atoms with Crippen LogP contribution >= 0.6 is 0 Å². The van der Waals surface area contributed by atoms with E-state index < -0.39 is 33.7 Å². The molecule has 6 rings (SSSR count). The first-order chi connectivity index (χ1) is 30.0. The van der Waals surface area contributed by atoms with Gasteiger partial charge in [-0.2, -0.15) is 0 Å². The monoisotopic (exact) mass is 854 g/mol. The number of amides is 1. The van der Waals surface area contributed by atoms with Gasteiger partial charge in [-0.3, -0.25) is 20.2 Å². The molecule has 1 aliphatic heterocycles. The van der Waals surface area contributed by atoms with Crippen LogP contribution in [0.3, 0.4) is 0 Å². The minimum atomic E-state index is -1.52. The van der Waals surface area contributed by atoms with Gasteiger partial charge in [0, 0.05) is 56.4 Å². The number of rotatable bonds is 22. The molecule has 1 amide bonds. The van der Waals surface area contributed by atoms with E-state index in [0.29, 0.717) is 54.9 Å². The summed E-state index contributed by atoms with van der Waals surface area (Å²) < 4.78 is 26.0. The van der Waals surface area contributed by atoms with Crippen molar-refractivity contribution in [3.8, 4) is 17.2 Å². The maximum absolute atomic E-state index is 13.9. The van der Waals surface area contributed by atoms with E-state index in [9.17, 15) is 35.2 Å². The average Bonchev–Trinajstić information content (AvgIpc) is 3.27. The van der Waals surface area contributed by atoms with Gasteiger partial charge in [0.15, 0.2) is 0 Å². The maximum atomic E-state index is 13.9. The largest absolute Gasteiger partial charge is 0.459 e. The summed E-state index contributed by atoms with van der Waals surface area (Å²) in [5.41, 5.74) is 2.64. The Kier molecular flexibility index (Phi) is 15.5. The number of fused-ring (bicyclic) bond motifs is 2. The number of likely N-dealkylation sites (N-methyl/N-ethyl adjacent to an activating group) is 1. The molecule has 2 N–H and O–H groups in total. The third-order valence-electron chi connectivity index (χ3n) is 11.8. The molecule has 1 saturated carbocycles. The van der Waals surface area contributed by atoms with Crippen molar-refractivity contribution < 1.29 is 48.6 Å². The Hall–Kier alpha value is -6.10. The van der Waals surface area contributed by atoms with Crippen LogP contribution in [-0.4, -0.2) is 82.1 Å². The van der Waals surface area contributed by atoms with Crippen molar-refractivity contribution in [2.75, 3.05) is 33.5 Å². The number of aliphatic hydroxyl groups is 2. The Morgan fingerprint density at radius 3 is 2.37 bits per heavy atom. The molecule has 1 fully saturated rings. The number of carbonyl (C=O) groups is 1. The van der Waals surface area contributed by atoms with Crippen molar-refractivity contribution in [3.63, 3.8) is 0 Å². The predicted molar refractivity (Wildman–Crippen MR) is 230 cm³/mol. The predicted octanol–water partition coefficient (Wildman–Crippen LogP) is 8.77. The van der Waals surface area contributed by atoms with Gasteiger partial charge in [0.25, 0.3) is 11.4 Å². The molecule has 330 valence electrons. The SMILES string of the molecule is C=CCCOC(=O)N(C)[C@H]1CC(=NOCc2ccc([N+](=O)[O-])cc2)C2=C[C@H](CCCCO)[C@@H](CCCCO)[C@@H]3c4cc(Oc5cccc([N+](=O)[O-])c5)ccc4O[C@@]1(OCC=C)[C@H]23. The van der Waals surface area contributed by atoms with Crippen molar-refractivity contribution in [1.29, 1.82) is 0 Å². The number of hydrogen-bond acceptors (Lipinski definition) is 13. The second kappa shape index (κ2) is 21.1. The number of nitrogens with zero attached hydrogens (tertiary/aromatic N) is 4.